The second-order valence-corrected chi connectivity index (χ2v) is 11.6. The van der Waals surface area contributed by atoms with E-state index in [0.717, 1.165) is 11.4 Å². The van der Waals surface area contributed by atoms with Gasteiger partial charge < -0.3 is 4.43 Å². The van der Waals surface area contributed by atoms with Crippen LogP contribution in [0.25, 0.3) is 0 Å². The van der Waals surface area contributed by atoms with Gasteiger partial charge in [0.2, 0.25) is 0 Å². The Kier molecular flexibility index (Phi) is 6.75. The second-order valence-electron chi connectivity index (χ2n) is 7.12. The lowest BCUT2D eigenvalue weighted by atomic mass is 10.0. The molecule has 1 atom stereocenters. The highest BCUT2D eigenvalue weighted by atomic mass is 28.4. The molecule has 0 spiro atoms. The van der Waals surface area contributed by atoms with E-state index in [1.807, 2.05) is 24.4 Å². The molecule has 0 aliphatic carbocycles. The van der Waals surface area contributed by atoms with Gasteiger partial charge >= 0.3 is 0 Å². The molecule has 0 bridgehead atoms. The summed E-state index contributed by atoms with van der Waals surface area (Å²) in [6, 6.07) is 6.19. The van der Waals surface area contributed by atoms with Crippen molar-refractivity contribution >= 4 is 14.0 Å². The van der Waals surface area contributed by atoms with E-state index in [2.05, 4.69) is 52.3 Å². The van der Waals surface area contributed by atoms with Crippen LogP contribution in [0.2, 0.25) is 19.6 Å². The summed E-state index contributed by atoms with van der Waals surface area (Å²) in [6.45, 7) is 16.1. The van der Waals surface area contributed by atoms with Gasteiger partial charge in [-0.3, -0.25) is 9.98 Å². The summed E-state index contributed by atoms with van der Waals surface area (Å²) in [5.41, 5.74) is 2.06. The Morgan fingerprint density at radius 1 is 1.19 bits per heavy atom. The summed E-state index contributed by atoms with van der Waals surface area (Å²) < 4.78 is 6.08. The molecular formula is C17H30N2OSi. The average molecular weight is 307 g/mol. The second kappa shape index (κ2) is 7.85. The Hall–Kier alpha value is -1.00. The number of pyridine rings is 1. The van der Waals surface area contributed by atoms with Gasteiger partial charge in [-0.2, -0.15) is 0 Å². The fourth-order valence-electron chi connectivity index (χ4n) is 1.92. The summed E-state index contributed by atoms with van der Waals surface area (Å²) >= 11 is 0. The largest absolute Gasteiger partial charge is 0.415 e. The zero-order valence-electron chi connectivity index (χ0n) is 14.6. The van der Waals surface area contributed by atoms with E-state index in [1.54, 1.807) is 0 Å². The van der Waals surface area contributed by atoms with Crippen molar-refractivity contribution in [2.24, 2.45) is 16.8 Å². The average Bonchev–Trinajstić information content (AvgIpc) is 2.37. The smallest absolute Gasteiger partial charge is 0.183 e. The maximum absolute atomic E-state index is 6.08. The van der Waals surface area contributed by atoms with Crippen molar-refractivity contribution < 1.29 is 4.43 Å². The van der Waals surface area contributed by atoms with E-state index in [4.69, 9.17) is 9.42 Å². The predicted octanol–water partition coefficient (Wildman–Crippen LogP) is 4.40. The molecule has 0 N–H and O–H groups in total. The molecule has 3 nitrogen and oxygen atoms in total. The van der Waals surface area contributed by atoms with Gasteiger partial charge in [-0.25, -0.2) is 0 Å². The van der Waals surface area contributed by atoms with Gasteiger partial charge in [0.1, 0.15) is 0 Å². The lowest BCUT2D eigenvalue weighted by Crippen LogP contribution is -2.32. The van der Waals surface area contributed by atoms with Crippen LogP contribution in [0.4, 0.5) is 0 Å². The van der Waals surface area contributed by atoms with Crippen molar-refractivity contribution in [3.8, 4) is 0 Å². The van der Waals surface area contributed by atoms with Gasteiger partial charge in [0.25, 0.3) is 0 Å². The van der Waals surface area contributed by atoms with E-state index in [9.17, 15) is 0 Å². The van der Waals surface area contributed by atoms with Crippen molar-refractivity contribution in [1.82, 2.24) is 4.98 Å². The summed E-state index contributed by atoms with van der Waals surface area (Å²) in [5, 5.41) is 0. The first-order valence-corrected chi connectivity index (χ1v) is 11.2. The van der Waals surface area contributed by atoms with Crippen LogP contribution in [0.3, 0.4) is 0 Å². The molecular weight excluding hydrogens is 276 g/mol. The highest BCUT2D eigenvalue weighted by Crippen LogP contribution is 2.15. The van der Waals surface area contributed by atoms with E-state index in [1.165, 1.54) is 0 Å². The van der Waals surface area contributed by atoms with Gasteiger partial charge in [0.15, 0.2) is 8.32 Å². The Morgan fingerprint density at radius 3 is 2.29 bits per heavy atom. The van der Waals surface area contributed by atoms with Crippen LogP contribution >= 0.6 is 0 Å². The van der Waals surface area contributed by atoms with Crippen molar-refractivity contribution in [2.75, 3.05) is 6.61 Å². The maximum Gasteiger partial charge on any atom is 0.183 e. The van der Waals surface area contributed by atoms with Crippen molar-refractivity contribution in [1.29, 1.82) is 0 Å². The fraction of sp³-hybridized carbons (Fsp3) is 0.647. The topological polar surface area (TPSA) is 34.5 Å². The minimum atomic E-state index is -1.51. The van der Waals surface area contributed by atoms with Crippen molar-refractivity contribution in [3.05, 3.63) is 30.1 Å². The summed E-state index contributed by atoms with van der Waals surface area (Å²) in [5.74, 6) is 0.812. The minimum absolute atomic E-state index is 0.191. The highest BCUT2D eigenvalue weighted by molar-refractivity contribution is 6.69. The van der Waals surface area contributed by atoms with E-state index in [-0.39, 0.29) is 6.04 Å². The zero-order valence-corrected chi connectivity index (χ0v) is 15.6. The van der Waals surface area contributed by atoms with Crippen LogP contribution in [0.15, 0.2) is 29.4 Å². The molecule has 21 heavy (non-hydrogen) atoms. The third-order valence-corrected chi connectivity index (χ3v) is 4.27. The van der Waals surface area contributed by atoms with Gasteiger partial charge in [0.05, 0.1) is 24.1 Å². The van der Waals surface area contributed by atoms with E-state index >= 15 is 0 Å². The molecule has 118 valence electrons. The first-order chi connectivity index (χ1) is 9.70. The zero-order chi connectivity index (χ0) is 16.0. The van der Waals surface area contributed by atoms with E-state index < -0.39 is 8.32 Å². The predicted molar refractivity (Wildman–Crippen MR) is 93.5 cm³/mol. The summed E-state index contributed by atoms with van der Waals surface area (Å²) in [7, 11) is -1.51. The molecule has 0 aliphatic rings. The van der Waals surface area contributed by atoms with Gasteiger partial charge in [-0.05, 0) is 43.6 Å². The molecule has 0 aromatic carbocycles. The van der Waals surface area contributed by atoms with Crippen LogP contribution in [0.5, 0.6) is 0 Å². The molecule has 0 aliphatic heterocycles. The minimum Gasteiger partial charge on any atom is -0.415 e. The molecule has 0 unspecified atom stereocenters. The molecule has 4 heteroatoms. The SMILES string of the molecule is CC(C)C(=N[C@H](CO[Si](C)(C)C)C(C)C)c1ccccn1. The Bertz CT molecular complexity index is 450. The third kappa shape index (κ3) is 6.53. The van der Waals surface area contributed by atoms with Gasteiger partial charge in [-0.15, -0.1) is 0 Å². The number of aromatic nitrogens is 1. The van der Waals surface area contributed by atoms with Crippen molar-refractivity contribution in [3.63, 3.8) is 0 Å². The molecule has 1 aromatic heterocycles. The van der Waals surface area contributed by atoms with Gasteiger partial charge in [-0.1, -0.05) is 33.8 Å². The van der Waals surface area contributed by atoms with E-state index in [0.29, 0.717) is 18.4 Å². The normalized spacial score (nSPS) is 14.8. The number of hydrogen-bond donors (Lipinski definition) is 0. The Morgan fingerprint density at radius 2 is 1.86 bits per heavy atom. The fourth-order valence-corrected chi connectivity index (χ4v) is 2.59. The van der Waals surface area contributed by atoms with Crippen LogP contribution in [0.1, 0.15) is 33.4 Å². The Balaban J connectivity index is 2.99. The molecule has 0 amide bonds. The lowest BCUT2D eigenvalue weighted by Gasteiger charge is -2.24. The quantitative estimate of drug-likeness (QED) is 0.552. The summed E-state index contributed by atoms with van der Waals surface area (Å²) in [4.78, 5) is 9.46. The highest BCUT2D eigenvalue weighted by Gasteiger charge is 2.21. The molecule has 0 saturated carbocycles. The third-order valence-electron chi connectivity index (χ3n) is 3.24. The molecule has 0 saturated heterocycles. The molecule has 0 radical (unpaired) electrons. The molecule has 1 heterocycles. The maximum atomic E-state index is 6.08. The first kappa shape index (κ1) is 18.0. The standard InChI is InChI=1S/C17H30N2OSi/c1-13(2)16(12-20-21(5,6)7)19-17(14(3)4)15-10-8-9-11-18-15/h8-11,13-14,16H,12H2,1-7H3/t16-/m1/s1. The van der Waals surface area contributed by atoms with Crippen LogP contribution in [0, 0.1) is 11.8 Å². The number of rotatable bonds is 7. The summed E-state index contributed by atoms with van der Waals surface area (Å²) in [6.07, 6.45) is 1.83. The number of aliphatic imine (C=N–C) groups is 1. The number of hydrogen-bond acceptors (Lipinski definition) is 3. The molecule has 1 aromatic rings. The number of nitrogens with zero attached hydrogens (tertiary/aromatic N) is 2. The Labute approximate surface area is 131 Å². The molecule has 1 rings (SSSR count). The van der Waals surface area contributed by atoms with Crippen LogP contribution < -0.4 is 0 Å². The van der Waals surface area contributed by atoms with Crippen LogP contribution in [-0.2, 0) is 4.43 Å². The first-order valence-electron chi connectivity index (χ1n) is 7.83. The van der Waals surface area contributed by atoms with Crippen LogP contribution in [-0.4, -0.2) is 31.7 Å². The monoisotopic (exact) mass is 306 g/mol. The lowest BCUT2D eigenvalue weighted by molar-refractivity contribution is 0.254. The molecule has 0 fully saturated rings. The van der Waals surface area contributed by atoms with Gasteiger partial charge in [0, 0.05) is 6.20 Å². The van der Waals surface area contributed by atoms with Crippen molar-refractivity contribution in [2.45, 2.75) is 53.4 Å².